The van der Waals surface area contributed by atoms with Crippen molar-refractivity contribution in [2.75, 3.05) is 13.2 Å². The average Bonchev–Trinajstić information content (AvgIpc) is 2.45. The highest BCUT2D eigenvalue weighted by Crippen LogP contribution is 2.30. The summed E-state index contributed by atoms with van der Waals surface area (Å²) >= 11 is 3.02. The lowest BCUT2D eigenvalue weighted by Gasteiger charge is -2.43. The predicted molar refractivity (Wildman–Crippen MR) is 77.1 cm³/mol. The van der Waals surface area contributed by atoms with Crippen LogP contribution in [0.2, 0.25) is 0 Å². The highest BCUT2D eigenvalue weighted by Gasteiger charge is 2.38. The molecule has 0 bridgehead atoms. The maximum Gasteiger partial charge on any atom is 0.260 e. The summed E-state index contributed by atoms with van der Waals surface area (Å²) in [5.41, 5.74) is -0.468. The van der Waals surface area contributed by atoms with E-state index in [2.05, 4.69) is 15.9 Å². The zero-order valence-electron chi connectivity index (χ0n) is 11.4. The zero-order valence-corrected chi connectivity index (χ0v) is 13.0. The third kappa shape index (κ3) is 2.83. The molecule has 1 aliphatic carbocycles. The molecule has 0 spiro atoms. The maximum atomic E-state index is 14.0. The first-order valence-corrected chi connectivity index (χ1v) is 7.94. The van der Waals surface area contributed by atoms with E-state index >= 15 is 0 Å². The largest absolute Gasteiger partial charge is 0.374 e. The first kappa shape index (κ1) is 14.9. The van der Waals surface area contributed by atoms with Gasteiger partial charge in [-0.2, -0.15) is 0 Å². The molecule has 1 saturated heterocycles. The quantitative estimate of drug-likeness (QED) is 0.767. The molecule has 0 N–H and O–H groups in total. The van der Waals surface area contributed by atoms with Crippen LogP contribution >= 0.6 is 15.9 Å². The van der Waals surface area contributed by atoms with Crippen LogP contribution in [-0.4, -0.2) is 36.1 Å². The van der Waals surface area contributed by atoms with E-state index in [1.165, 1.54) is 0 Å². The van der Waals surface area contributed by atoms with Crippen molar-refractivity contribution in [1.82, 2.24) is 4.90 Å². The fourth-order valence-electron chi connectivity index (χ4n) is 3.24. The van der Waals surface area contributed by atoms with Gasteiger partial charge >= 0.3 is 0 Å². The lowest BCUT2D eigenvalue weighted by Crippen LogP contribution is -2.55. The molecule has 1 aliphatic heterocycles. The van der Waals surface area contributed by atoms with Crippen LogP contribution in [0.1, 0.15) is 36.0 Å². The van der Waals surface area contributed by atoms with E-state index in [1.807, 2.05) is 0 Å². The number of ether oxygens (including phenoxy) is 1. The first-order chi connectivity index (χ1) is 10.1. The lowest BCUT2D eigenvalue weighted by atomic mass is 9.89. The fraction of sp³-hybridized carbons (Fsp3) is 0.533. The predicted octanol–water partition coefficient (Wildman–Crippen LogP) is 3.51. The van der Waals surface area contributed by atoms with Crippen LogP contribution in [0.25, 0.3) is 0 Å². The summed E-state index contributed by atoms with van der Waals surface area (Å²) in [6.07, 6.45) is 3.82. The Hall–Kier alpha value is -1.01. The van der Waals surface area contributed by atoms with Crippen molar-refractivity contribution in [3.05, 3.63) is 33.8 Å². The minimum atomic E-state index is -0.828. The number of amides is 1. The molecule has 1 heterocycles. The van der Waals surface area contributed by atoms with Crippen molar-refractivity contribution in [3.63, 3.8) is 0 Å². The van der Waals surface area contributed by atoms with Crippen molar-refractivity contribution < 1.29 is 18.3 Å². The molecule has 0 radical (unpaired) electrons. The summed E-state index contributed by atoms with van der Waals surface area (Å²) in [7, 11) is 0. The van der Waals surface area contributed by atoms with Gasteiger partial charge in [0.1, 0.15) is 17.2 Å². The van der Waals surface area contributed by atoms with Crippen LogP contribution in [0.15, 0.2) is 16.6 Å². The van der Waals surface area contributed by atoms with Crippen LogP contribution in [0.5, 0.6) is 0 Å². The Labute approximate surface area is 130 Å². The standard InChI is InChI=1S/C15H16BrF2NO2/c16-9-7-10(17)14(11(18)8-9)15(20)19-5-6-21-13-4-2-1-3-12(13)19/h7-8,12-13H,1-6H2. The minimum Gasteiger partial charge on any atom is -0.374 e. The van der Waals surface area contributed by atoms with E-state index in [0.717, 1.165) is 37.8 Å². The molecule has 1 aromatic rings. The van der Waals surface area contributed by atoms with Gasteiger partial charge in [0.05, 0.1) is 18.8 Å². The molecule has 3 nitrogen and oxygen atoms in total. The van der Waals surface area contributed by atoms with Gasteiger partial charge in [-0.1, -0.05) is 28.8 Å². The molecule has 6 heteroatoms. The van der Waals surface area contributed by atoms with Gasteiger partial charge in [-0.25, -0.2) is 8.78 Å². The number of carbonyl (C=O) groups is 1. The van der Waals surface area contributed by atoms with Crippen molar-refractivity contribution in [2.45, 2.75) is 37.8 Å². The van der Waals surface area contributed by atoms with E-state index in [4.69, 9.17) is 4.74 Å². The Morgan fingerprint density at radius 2 is 1.90 bits per heavy atom. The lowest BCUT2D eigenvalue weighted by molar-refractivity contribution is -0.0754. The van der Waals surface area contributed by atoms with Gasteiger partial charge in [0.25, 0.3) is 5.91 Å². The van der Waals surface area contributed by atoms with E-state index < -0.39 is 23.1 Å². The van der Waals surface area contributed by atoms with Gasteiger partial charge in [0, 0.05) is 11.0 Å². The summed E-state index contributed by atoms with van der Waals surface area (Å²) in [6.45, 7) is 0.807. The maximum absolute atomic E-state index is 14.0. The molecule has 2 aliphatic rings. The zero-order chi connectivity index (χ0) is 15.0. The van der Waals surface area contributed by atoms with E-state index in [9.17, 15) is 13.6 Å². The van der Waals surface area contributed by atoms with Gasteiger partial charge < -0.3 is 9.64 Å². The summed E-state index contributed by atoms with van der Waals surface area (Å²) in [5.74, 6) is -2.23. The van der Waals surface area contributed by atoms with Gasteiger partial charge in [0.2, 0.25) is 0 Å². The second kappa shape index (κ2) is 6.01. The molecule has 2 fully saturated rings. The van der Waals surface area contributed by atoms with E-state index in [1.54, 1.807) is 4.90 Å². The number of benzene rings is 1. The van der Waals surface area contributed by atoms with Crippen LogP contribution in [-0.2, 0) is 4.74 Å². The van der Waals surface area contributed by atoms with Crippen LogP contribution in [0.4, 0.5) is 8.78 Å². The van der Waals surface area contributed by atoms with Gasteiger partial charge in [-0.15, -0.1) is 0 Å². The monoisotopic (exact) mass is 359 g/mol. The molecule has 2 atom stereocenters. The second-order valence-corrected chi connectivity index (χ2v) is 6.42. The van der Waals surface area contributed by atoms with E-state index in [0.29, 0.717) is 13.2 Å². The number of rotatable bonds is 1. The number of morpholine rings is 1. The van der Waals surface area contributed by atoms with Crippen molar-refractivity contribution in [2.24, 2.45) is 0 Å². The number of nitrogens with zero attached hydrogens (tertiary/aromatic N) is 1. The molecule has 21 heavy (non-hydrogen) atoms. The van der Waals surface area contributed by atoms with Crippen molar-refractivity contribution >= 4 is 21.8 Å². The number of hydrogen-bond acceptors (Lipinski definition) is 2. The molecule has 2 unspecified atom stereocenters. The number of hydrogen-bond donors (Lipinski definition) is 0. The van der Waals surface area contributed by atoms with E-state index in [-0.39, 0.29) is 16.6 Å². The molecular weight excluding hydrogens is 344 g/mol. The van der Waals surface area contributed by atoms with Gasteiger partial charge in [-0.05, 0) is 25.0 Å². The topological polar surface area (TPSA) is 29.5 Å². The molecule has 0 aromatic heterocycles. The Bertz CT molecular complexity index is 542. The Balaban J connectivity index is 1.90. The highest BCUT2D eigenvalue weighted by molar-refractivity contribution is 9.10. The minimum absolute atomic E-state index is 0.00183. The van der Waals surface area contributed by atoms with Gasteiger partial charge in [-0.3, -0.25) is 4.79 Å². The SMILES string of the molecule is O=C(c1c(F)cc(Br)cc1F)N1CCOC2CCCCC21. The smallest absolute Gasteiger partial charge is 0.260 e. The third-order valence-electron chi connectivity index (χ3n) is 4.21. The summed E-state index contributed by atoms with van der Waals surface area (Å²) < 4.78 is 34.0. The Kier molecular flexibility index (Phi) is 4.26. The molecule has 1 amide bonds. The van der Waals surface area contributed by atoms with Crippen LogP contribution in [0.3, 0.4) is 0 Å². The molecule has 1 saturated carbocycles. The highest BCUT2D eigenvalue weighted by atomic mass is 79.9. The summed E-state index contributed by atoms with van der Waals surface area (Å²) in [6, 6.07) is 2.17. The number of halogens is 3. The molecule has 3 rings (SSSR count). The fourth-order valence-corrected chi connectivity index (χ4v) is 3.64. The Morgan fingerprint density at radius 3 is 2.62 bits per heavy atom. The number of carbonyl (C=O) groups excluding carboxylic acids is 1. The Morgan fingerprint density at radius 1 is 1.24 bits per heavy atom. The average molecular weight is 360 g/mol. The second-order valence-electron chi connectivity index (χ2n) is 5.50. The molecular formula is C15H16BrF2NO2. The van der Waals surface area contributed by atoms with Crippen molar-refractivity contribution in [1.29, 1.82) is 0 Å². The van der Waals surface area contributed by atoms with Gasteiger partial charge in [0.15, 0.2) is 0 Å². The number of fused-ring (bicyclic) bond motifs is 1. The molecule has 1 aromatic carbocycles. The third-order valence-corrected chi connectivity index (χ3v) is 4.67. The van der Waals surface area contributed by atoms with Crippen LogP contribution < -0.4 is 0 Å². The first-order valence-electron chi connectivity index (χ1n) is 7.15. The normalized spacial score (nSPS) is 25.6. The summed E-state index contributed by atoms with van der Waals surface area (Å²) in [4.78, 5) is 14.2. The summed E-state index contributed by atoms with van der Waals surface area (Å²) in [5, 5.41) is 0. The van der Waals surface area contributed by atoms with Crippen molar-refractivity contribution in [3.8, 4) is 0 Å². The van der Waals surface area contributed by atoms with Crippen LogP contribution in [0, 0.1) is 11.6 Å². The molecule has 114 valence electrons.